The lowest BCUT2D eigenvalue weighted by molar-refractivity contribution is 0.0736. The monoisotopic (exact) mass is 357 g/mol. The molecule has 1 aliphatic heterocycles. The van der Waals surface area contributed by atoms with Crippen LogP contribution in [0.15, 0.2) is 52.4 Å². The van der Waals surface area contributed by atoms with Crippen molar-refractivity contribution in [3.8, 4) is 10.6 Å². The van der Waals surface area contributed by atoms with Gasteiger partial charge in [-0.15, -0.1) is 11.3 Å². The third kappa shape index (κ3) is 3.15. The third-order valence-electron chi connectivity index (χ3n) is 4.25. The van der Waals surface area contributed by atoms with E-state index in [4.69, 9.17) is 4.52 Å². The van der Waals surface area contributed by atoms with Gasteiger partial charge in [-0.3, -0.25) is 4.79 Å². The van der Waals surface area contributed by atoms with E-state index in [9.17, 15) is 9.18 Å². The Bertz CT molecular complexity index is 870. The van der Waals surface area contributed by atoms with Gasteiger partial charge >= 0.3 is 0 Å². The van der Waals surface area contributed by atoms with Crippen molar-refractivity contribution in [1.82, 2.24) is 10.1 Å². The summed E-state index contributed by atoms with van der Waals surface area (Å²) in [7, 11) is 0. The molecule has 3 heterocycles. The summed E-state index contributed by atoms with van der Waals surface area (Å²) in [5.41, 5.74) is 0.888. The summed E-state index contributed by atoms with van der Waals surface area (Å²) < 4.78 is 19.2. The number of carbonyl (C=O) groups is 1. The number of amides is 1. The van der Waals surface area contributed by atoms with Gasteiger partial charge in [0.15, 0.2) is 11.5 Å². The molecule has 2 aromatic heterocycles. The number of anilines is 1. The number of benzene rings is 1. The van der Waals surface area contributed by atoms with Gasteiger partial charge in [-0.1, -0.05) is 23.4 Å². The van der Waals surface area contributed by atoms with Gasteiger partial charge in [-0.2, -0.15) is 0 Å². The zero-order valence-corrected chi connectivity index (χ0v) is 14.2. The van der Waals surface area contributed by atoms with Gasteiger partial charge in [0.25, 0.3) is 5.91 Å². The minimum absolute atomic E-state index is 0.153. The van der Waals surface area contributed by atoms with Gasteiger partial charge in [0.2, 0.25) is 0 Å². The van der Waals surface area contributed by atoms with Gasteiger partial charge in [0.05, 0.1) is 10.6 Å². The number of thiophene rings is 1. The van der Waals surface area contributed by atoms with Gasteiger partial charge in [-0.25, -0.2) is 4.39 Å². The van der Waals surface area contributed by atoms with E-state index in [1.54, 1.807) is 23.1 Å². The molecule has 0 aliphatic carbocycles. The van der Waals surface area contributed by atoms with Crippen molar-refractivity contribution < 1.29 is 13.7 Å². The lowest BCUT2D eigenvalue weighted by Gasteiger charge is -2.35. The summed E-state index contributed by atoms with van der Waals surface area (Å²) in [6.07, 6.45) is 0. The van der Waals surface area contributed by atoms with Crippen molar-refractivity contribution in [1.29, 1.82) is 0 Å². The van der Waals surface area contributed by atoms with Crippen molar-refractivity contribution in [2.45, 2.75) is 0 Å². The second-order valence-corrected chi connectivity index (χ2v) is 6.73. The summed E-state index contributed by atoms with van der Waals surface area (Å²) >= 11 is 1.54. The number of hydrogen-bond acceptors (Lipinski definition) is 5. The third-order valence-corrected chi connectivity index (χ3v) is 5.14. The Labute approximate surface area is 148 Å². The Hall–Kier alpha value is -2.67. The Kier molecular flexibility index (Phi) is 4.23. The van der Waals surface area contributed by atoms with Crippen LogP contribution in [0.3, 0.4) is 0 Å². The molecule has 1 aliphatic rings. The van der Waals surface area contributed by atoms with E-state index in [-0.39, 0.29) is 11.7 Å². The quantitative estimate of drug-likeness (QED) is 0.720. The smallest absolute Gasteiger partial charge is 0.276 e. The lowest BCUT2D eigenvalue weighted by atomic mass is 10.2. The highest BCUT2D eigenvalue weighted by molar-refractivity contribution is 7.13. The van der Waals surface area contributed by atoms with E-state index in [0.717, 1.165) is 4.88 Å². The van der Waals surface area contributed by atoms with Gasteiger partial charge in [0, 0.05) is 32.2 Å². The SMILES string of the molecule is O=C(c1cc(-c2cccs2)on1)N1CCN(c2ccccc2F)CC1. The Morgan fingerprint density at radius 2 is 1.92 bits per heavy atom. The molecule has 0 spiro atoms. The first-order valence-electron chi connectivity index (χ1n) is 8.02. The molecule has 7 heteroatoms. The fraction of sp³-hybridized carbons (Fsp3) is 0.222. The van der Waals surface area contributed by atoms with Crippen LogP contribution in [0.5, 0.6) is 0 Å². The average molecular weight is 357 g/mol. The highest BCUT2D eigenvalue weighted by atomic mass is 32.1. The molecule has 0 N–H and O–H groups in total. The molecule has 1 saturated heterocycles. The van der Waals surface area contributed by atoms with Gasteiger partial charge in [-0.05, 0) is 23.6 Å². The molecule has 1 aromatic carbocycles. The molecule has 25 heavy (non-hydrogen) atoms. The summed E-state index contributed by atoms with van der Waals surface area (Å²) in [5.74, 6) is 0.211. The molecular formula is C18H16FN3O2S. The first-order valence-corrected chi connectivity index (χ1v) is 8.90. The maximum absolute atomic E-state index is 13.9. The van der Waals surface area contributed by atoms with Crippen LogP contribution in [0.1, 0.15) is 10.5 Å². The first-order chi connectivity index (χ1) is 12.2. The van der Waals surface area contributed by atoms with Crippen LogP contribution >= 0.6 is 11.3 Å². The minimum Gasteiger partial charge on any atom is -0.366 e. The topological polar surface area (TPSA) is 49.6 Å². The van der Waals surface area contributed by atoms with E-state index < -0.39 is 0 Å². The molecule has 128 valence electrons. The standard InChI is InChI=1S/C18H16FN3O2S/c19-13-4-1-2-5-15(13)21-7-9-22(10-8-21)18(23)14-12-16(24-20-14)17-6-3-11-25-17/h1-6,11-12H,7-10H2. The highest BCUT2D eigenvalue weighted by Crippen LogP contribution is 2.26. The predicted octanol–water partition coefficient (Wildman–Crippen LogP) is 3.50. The fourth-order valence-electron chi connectivity index (χ4n) is 2.93. The lowest BCUT2D eigenvalue weighted by Crippen LogP contribution is -2.49. The number of piperazine rings is 1. The Morgan fingerprint density at radius 3 is 2.64 bits per heavy atom. The van der Waals surface area contributed by atoms with E-state index in [1.165, 1.54) is 17.4 Å². The highest BCUT2D eigenvalue weighted by Gasteiger charge is 2.25. The number of nitrogens with zero attached hydrogens (tertiary/aromatic N) is 3. The predicted molar refractivity (Wildman–Crippen MR) is 94.3 cm³/mol. The number of para-hydroxylation sites is 1. The van der Waals surface area contributed by atoms with Crippen LogP contribution < -0.4 is 4.90 Å². The van der Waals surface area contributed by atoms with Crippen molar-refractivity contribution in [3.05, 3.63) is 59.4 Å². The molecule has 0 saturated carbocycles. The number of carbonyl (C=O) groups excluding carboxylic acids is 1. The van der Waals surface area contributed by atoms with Crippen molar-refractivity contribution in [2.24, 2.45) is 0 Å². The van der Waals surface area contributed by atoms with Crippen LogP contribution in [0, 0.1) is 5.82 Å². The van der Waals surface area contributed by atoms with Crippen LogP contribution in [-0.2, 0) is 0 Å². The molecule has 1 amide bonds. The number of hydrogen-bond donors (Lipinski definition) is 0. The van der Waals surface area contributed by atoms with Crippen LogP contribution in [0.2, 0.25) is 0 Å². The van der Waals surface area contributed by atoms with Crippen LogP contribution in [0.25, 0.3) is 10.6 Å². The first kappa shape index (κ1) is 15.8. The summed E-state index contributed by atoms with van der Waals surface area (Å²) in [5, 5.41) is 5.85. The molecule has 0 unspecified atom stereocenters. The zero-order chi connectivity index (χ0) is 17.2. The second-order valence-electron chi connectivity index (χ2n) is 5.78. The Balaban J connectivity index is 1.42. The maximum atomic E-state index is 13.9. The molecular weight excluding hydrogens is 341 g/mol. The minimum atomic E-state index is -0.237. The van der Waals surface area contributed by atoms with Crippen molar-refractivity contribution in [3.63, 3.8) is 0 Å². The fourth-order valence-corrected chi connectivity index (χ4v) is 3.60. The van der Waals surface area contributed by atoms with Crippen LogP contribution in [-0.4, -0.2) is 42.1 Å². The number of aromatic nitrogens is 1. The molecule has 4 rings (SSSR count). The molecule has 5 nitrogen and oxygen atoms in total. The molecule has 0 radical (unpaired) electrons. The number of rotatable bonds is 3. The van der Waals surface area contributed by atoms with E-state index in [2.05, 4.69) is 5.16 Å². The number of halogens is 1. The van der Waals surface area contributed by atoms with E-state index in [1.807, 2.05) is 28.5 Å². The zero-order valence-electron chi connectivity index (χ0n) is 13.4. The van der Waals surface area contributed by atoms with Crippen molar-refractivity contribution >= 4 is 22.9 Å². The molecule has 0 bridgehead atoms. The van der Waals surface area contributed by atoms with Gasteiger partial charge in [0.1, 0.15) is 5.82 Å². The summed E-state index contributed by atoms with van der Waals surface area (Å²) in [6, 6.07) is 12.2. The summed E-state index contributed by atoms with van der Waals surface area (Å²) in [6.45, 7) is 2.22. The maximum Gasteiger partial charge on any atom is 0.276 e. The van der Waals surface area contributed by atoms with E-state index >= 15 is 0 Å². The van der Waals surface area contributed by atoms with Gasteiger partial charge < -0.3 is 14.3 Å². The van der Waals surface area contributed by atoms with Crippen molar-refractivity contribution in [2.75, 3.05) is 31.1 Å². The normalized spacial score (nSPS) is 14.8. The molecule has 3 aromatic rings. The molecule has 0 atom stereocenters. The molecule has 1 fully saturated rings. The average Bonchev–Trinajstić information content (AvgIpc) is 3.33. The second kappa shape index (κ2) is 6.68. The van der Waals surface area contributed by atoms with E-state index in [0.29, 0.717) is 43.3 Å². The largest absolute Gasteiger partial charge is 0.366 e. The Morgan fingerprint density at radius 1 is 1.12 bits per heavy atom. The van der Waals surface area contributed by atoms with Crippen LogP contribution in [0.4, 0.5) is 10.1 Å². The summed E-state index contributed by atoms with van der Waals surface area (Å²) in [4.78, 5) is 17.2.